The lowest BCUT2D eigenvalue weighted by atomic mass is 10.1. The summed E-state index contributed by atoms with van der Waals surface area (Å²) in [6.07, 6.45) is 1.32. The van der Waals surface area contributed by atoms with Crippen LogP contribution < -0.4 is 10.9 Å². The van der Waals surface area contributed by atoms with Crippen molar-refractivity contribution >= 4 is 26.8 Å². The molecule has 4 N–H and O–H groups in total. The summed E-state index contributed by atoms with van der Waals surface area (Å²) in [5.74, 6) is -0.649. The number of hydrogen-bond donors (Lipinski definition) is 2. The number of benzene rings is 1. The predicted octanol–water partition coefficient (Wildman–Crippen LogP) is -0.0189. The molecule has 0 atom stereocenters. The number of fused-ring (bicyclic) bond motifs is 1. The van der Waals surface area contributed by atoms with E-state index < -0.39 is 15.9 Å². The Kier molecular flexibility index (Phi) is 2.56. The van der Waals surface area contributed by atoms with E-state index in [2.05, 4.69) is 4.98 Å². The quantitative estimate of drug-likeness (QED) is 0.780. The van der Waals surface area contributed by atoms with E-state index >= 15 is 0 Å². The molecule has 0 unspecified atom stereocenters. The van der Waals surface area contributed by atoms with Crippen LogP contribution in [0.3, 0.4) is 0 Å². The van der Waals surface area contributed by atoms with E-state index in [1.165, 1.54) is 24.4 Å². The molecule has 0 aliphatic heterocycles. The molecule has 17 heavy (non-hydrogen) atoms. The van der Waals surface area contributed by atoms with Crippen LogP contribution in [0.2, 0.25) is 0 Å². The summed E-state index contributed by atoms with van der Waals surface area (Å²) in [6.45, 7) is 0. The molecule has 1 heterocycles. The maximum Gasteiger partial charge on any atom is 0.249 e. The Hall–Kier alpha value is -1.99. The average molecular weight is 251 g/mol. The van der Waals surface area contributed by atoms with E-state index in [1.54, 1.807) is 6.07 Å². The Bertz CT molecular complexity index is 710. The number of hydrogen-bond acceptors (Lipinski definition) is 4. The number of primary sulfonamides is 1. The Morgan fingerprint density at radius 3 is 2.53 bits per heavy atom. The van der Waals surface area contributed by atoms with Crippen molar-refractivity contribution in [3.8, 4) is 0 Å². The Morgan fingerprint density at radius 2 is 1.94 bits per heavy atom. The minimum atomic E-state index is -3.89. The maximum absolute atomic E-state index is 11.3. The van der Waals surface area contributed by atoms with Gasteiger partial charge in [0.1, 0.15) is 4.90 Å². The van der Waals surface area contributed by atoms with Gasteiger partial charge in [0.2, 0.25) is 15.9 Å². The molecule has 0 fully saturated rings. The van der Waals surface area contributed by atoms with Gasteiger partial charge in [0.25, 0.3) is 0 Å². The first kappa shape index (κ1) is 11.5. The second-order valence-electron chi connectivity index (χ2n) is 3.42. The second-order valence-corrected chi connectivity index (χ2v) is 4.95. The molecule has 0 saturated heterocycles. The molecular formula is C10H9N3O3S. The van der Waals surface area contributed by atoms with Crippen molar-refractivity contribution in [3.05, 3.63) is 36.0 Å². The largest absolute Gasteiger partial charge is 0.366 e. The highest BCUT2D eigenvalue weighted by Gasteiger charge is 2.16. The summed E-state index contributed by atoms with van der Waals surface area (Å²) < 4.78 is 22.7. The molecule has 7 heteroatoms. The molecule has 2 rings (SSSR count). The number of carbonyl (C=O) groups is 1. The van der Waals surface area contributed by atoms with Crippen LogP contribution in [0.1, 0.15) is 10.4 Å². The van der Waals surface area contributed by atoms with Gasteiger partial charge in [-0.3, -0.25) is 9.78 Å². The van der Waals surface area contributed by atoms with Gasteiger partial charge in [0.05, 0.1) is 11.1 Å². The minimum Gasteiger partial charge on any atom is -0.366 e. The number of primary amides is 1. The van der Waals surface area contributed by atoms with Crippen molar-refractivity contribution in [2.45, 2.75) is 4.90 Å². The summed E-state index contributed by atoms with van der Waals surface area (Å²) in [5.41, 5.74) is 5.55. The van der Waals surface area contributed by atoms with Gasteiger partial charge in [-0.2, -0.15) is 0 Å². The summed E-state index contributed by atoms with van der Waals surface area (Å²) in [4.78, 5) is 15.0. The summed E-state index contributed by atoms with van der Waals surface area (Å²) in [7, 11) is -3.89. The van der Waals surface area contributed by atoms with Crippen molar-refractivity contribution in [1.29, 1.82) is 0 Å². The fourth-order valence-corrected chi connectivity index (χ4v) is 2.29. The number of nitrogens with two attached hydrogens (primary N) is 2. The van der Waals surface area contributed by atoms with Gasteiger partial charge < -0.3 is 5.73 Å². The number of para-hydroxylation sites is 1. The fourth-order valence-electron chi connectivity index (χ4n) is 1.59. The third-order valence-corrected chi connectivity index (χ3v) is 3.25. The topological polar surface area (TPSA) is 116 Å². The summed E-state index contributed by atoms with van der Waals surface area (Å²) in [6, 6.07) is 5.81. The van der Waals surface area contributed by atoms with Crippen molar-refractivity contribution in [2.24, 2.45) is 10.9 Å². The van der Waals surface area contributed by atoms with Gasteiger partial charge in [-0.1, -0.05) is 12.1 Å². The van der Waals surface area contributed by atoms with Gasteiger partial charge in [0.15, 0.2) is 0 Å². The summed E-state index contributed by atoms with van der Waals surface area (Å²) in [5, 5.41) is 5.43. The van der Waals surface area contributed by atoms with E-state index in [4.69, 9.17) is 10.9 Å². The number of rotatable bonds is 2. The van der Waals surface area contributed by atoms with Crippen molar-refractivity contribution in [1.82, 2.24) is 4.98 Å². The summed E-state index contributed by atoms with van der Waals surface area (Å²) >= 11 is 0. The number of carbonyl (C=O) groups excluding carboxylic acids is 1. The van der Waals surface area contributed by atoms with Gasteiger partial charge in [-0.05, 0) is 12.1 Å². The van der Waals surface area contributed by atoms with Crippen LogP contribution in [0.4, 0.5) is 0 Å². The number of sulfonamides is 1. The molecule has 1 aromatic heterocycles. The highest BCUT2D eigenvalue weighted by atomic mass is 32.2. The van der Waals surface area contributed by atoms with Crippen LogP contribution in [0, 0.1) is 0 Å². The highest BCUT2D eigenvalue weighted by molar-refractivity contribution is 7.89. The SMILES string of the molecule is NC(=O)c1ccnc2c(S(N)(=O)=O)cccc12. The molecule has 0 aliphatic carbocycles. The zero-order valence-corrected chi connectivity index (χ0v) is 9.44. The van der Waals surface area contributed by atoms with Crippen LogP contribution in [0.25, 0.3) is 10.9 Å². The molecule has 0 spiro atoms. The number of nitrogens with zero attached hydrogens (tertiary/aromatic N) is 1. The van der Waals surface area contributed by atoms with Crippen molar-refractivity contribution < 1.29 is 13.2 Å². The van der Waals surface area contributed by atoms with E-state index in [1.807, 2.05) is 0 Å². The average Bonchev–Trinajstić information content (AvgIpc) is 2.26. The smallest absolute Gasteiger partial charge is 0.249 e. The highest BCUT2D eigenvalue weighted by Crippen LogP contribution is 2.22. The van der Waals surface area contributed by atoms with Gasteiger partial charge in [0, 0.05) is 11.6 Å². The lowest BCUT2D eigenvalue weighted by Crippen LogP contribution is -2.15. The van der Waals surface area contributed by atoms with Crippen LogP contribution in [-0.4, -0.2) is 19.3 Å². The monoisotopic (exact) mass is 251 g/mol. The standard InChI is InChI=1S/C10H9N3O3S/c11-10(14)7-4-5-13-9-6(7)2-1-3-8(9)17(12,15)16/h1-5H,(H2,11,14)(H2,12,15,16). The van der Waals surface area contributed by atoms with E-state index in [-0.39, 0.29) is 16.0 Å². The van der Waals surface area contributed by atoms with Gasteiger partial charge in [-0.25, -0.2) is 13.6 Å². The Balaban J connectivity index is 2.94. The molecule has 0 saturated carbocycles. The Labute approximate surface area is 97.3 Å². The molecule has 0 aliphatic rings. The first-order valence-electron chi connectivity index (χ1n) is 4.61. The first-order valence-corrected chi connectivity index (χ1v) is 6.16. The molecule has 1 aromatic carbocycles. The van der Waals surface area contributed by atoms with Crippen molar-refractivity contribution in [3.63, 3.8) is 0 Å². The van der Waals surface area contributed by atoms with Crippen LogP contribution in [0.5, 0.6) is 0 Å². The van der Waals surface area contributed by atoms with Crippen LogP contribution in [-0.2, 0) is 10.0 Å². The first-order chi connectivity index (χ1) is 7.91. The predicted molar refractivity (Wildman–Crippen MR) is 61.6 cm³/mol. The molecular weight excluding hydrogens is 242 g/mol. The Morgan fingerprint density at radius 1 is 1.24 bits per heavy atom. The minimum absolute atomic E-state index is 0.127. The van der Waals surface area contributed by atoms with Gasteiger partial charge in [-0.15, -0.1) is 0 Å². The molecule has 88 valence electrons. The number of aromatic nitrogens is 1. The third-order valence-electron chi connectivity index (χ3n) is 2.31. The zero-order valence-electron chi connectivity index (χ0n) is 8.62. The zero-order chi connectivity index (χ0) is 12.6. The molecule has 0 radical (unpaired) electrons. The van der Waals surface area contributed by atoms with Crippen LogP contribution >= 0.6 is 0 Å². The molecule has 2 aromatic rings. The lowest BCUT2D eigenvalue weighted by Gasteiger charge is -2.05. The molecule has 1 amide bonds. The number of pyridine rings is 1. The molecule has 6 nitrogen and oxygen atoms in total. The third kappa shape index (κ3) is 1.97. The van der Waals surface area contributed by atoms with Gasteiger partial charge >= 0.3 is 0 Å². The van der Waals surface area contributed by atoms with E-state index in [0.717, 1.165) is 0 Å². The lowest BCUT2D eigenvalue weighted by molar-refractivity contribution is 0.100. The van der Waals surface area contributed by atoms with Crippen LogP contribution in [0.15, 0.2) is 35.4 Å². The maximum atomic E-state index is 11.3. The van der Waals surface area contributed by atoms with Crippen molar-refractivity contribution in [2.75, 3.05) is 0 Å². The van der Waals surface area contributed by atoms with E-state index in [9.17, 15) is 13.2 Å². The second kappa shape index (κ2) is 3.79. The van der Waals surface area contributed by atoms with E-state index in [0.29, 0.717) is 5.39 Å². The fraction of sp³-hybridized carbons (Fsp3) is 0. The normalized spacial score (nSPS) is 11.6. The molecule has 0 bridgehead atoms. The number of amides is 1.